The molecule has 1 heterocycles. The number of piperidine rings is 1. The third kappa shape index (κ3) is 3.06. The van der Waals surface area contributed by atoms with E-state index in [0.717, 1.165) is 10.7 Å². The summed E-state index contributed by atoms with van der Waals surface area (Å²) in [5, 5.41) is 0. The second kappa shape index (κ2) is 5.23. The number of halogens is 1. The van der Waals surface area contributed by atoms with Crippen LogP contribution in [-0.4, -0.2) is 29.4 Å². The normalized spacial score (nSPS) is 32.2. The summed E-state index contributed by atoms with van der Waals surface area (Å²) >= 11 is 3.74. The lowest BCUT2D eigenvalue weighted by Crippen LogP contribution is -2.40. The quantitative estimate of drug-likeness (QED) is 0.679. The van der Waals surface area contributed by atoms with Crippen LogP contribution >= 0.6 is 15.9 Å². The molecule has 0 aliphatic carbocycles. The van der Waals surface area contributed by atoms with Crippen molar-refractivity contribution in [3.63, 3.8) is 0 Å². The Balaban J connectivity index is 2.21. The van der Waals surface area contributed by atoms with Crippen LogP contribution in [-0.2, 0) is 0 Å². The first-order valence-corrected chi connectivity index (χ1v) is 6.02. The topological polar surface area (TPSA) is 3.24 Å². The molecule has 0 bridgehead atoms. The maximum atomic E-state index is 3.74. The smallest absolute Gasteiger partial charge is 0.0299 e. The van der Waals surface area contributed by atoms with Gasteiger partial charge in [0.1, 0.15) is 0 Å². The zero-order valence-corrected chi connectivity index (χ0v) is 9.81. The summed E-state index contributed by atoms with van der Waals surface area (Å²) in [6, 6.07) is 0. The van der Waals surface area contributed by atoms with Crippen LogP contribution in [0.4, 0.5) is 0 Å². The van der Waals surface area contributed by atoms with Crippen LogP contribution in [0.1, 0.15) is 33.1 Å². The SMILES string of the molecule is CCCCN1CCC(C)C(Br)C1. The molecule has 0 saturated carbocycles. The molecule has 1 aliphatic rings. The molecule has 1 aliphatic heterocycles. The van der Waals surface area contributed by atoms with Gasteiger partial charge in [-0.25, -0.2) is 0 Å². The second-order valence-corrected chi connectivity index (χ2v) is 5.11. The first-order valence-electron chi connectivity index (χ1n) is 5.10. The molecule has 1 nitrogen and oxygen atoms in total. The van der Waals surface area contributed by atoms with Gasteiger partial charge in [-0.1, -0.05) is 36.2 Å². The van der Waals surface area contributed by atoms with Crippen molar-refractivity contribution in [2.45, 2.75) is 37.9 Å². The van der Waals surface area contributed by atoms with Gasteiger partial charge >= 0.3 is 0 Å². The summed E-state index contributed by atoms with van der Waals surface area (Å²) in [6.07, 6.45) is 4.03. The van der Waals surface area contributed by atoms with Crippen molar-refractivity contribution in [3.05, 3.63) is 0 Å². The largest absolute Gasteiger partial charge is 0.302 e. The van der Waals surface area contributed by atoms with Gasteiger partial charge in [0.15, 0.2) is 0 Å². The van der Waals surface area contributed by atoms with Gasteiger partial charge in [-0.15, -0.1) is 0 Å². The summed E-state index contributed by atoms with van der Waals surface area (Å²) in [6.45, 7) is 8.46. The van der Waals surface area contributed by atoms with Gasteiger partial charge in [-0.05, 0) is 31.8 Å². The highest BCUT2D eigenvalue weighted by Gasteiger charge is 2.22. The van der Waals surface area contributed by atoms with E-state index in [1.807, 2.05) is 0 Å². The first-order chi connectivity index (χ1) is 5.74. The first kappa shape index (κ1) is 10.5. The molecule has 0 aromatic carbocycles. The van der Waals surface area contributed by atoms with Crippen molar-refractivity contribution in [2.24, 2.45) is 5.92 Å². The molecule has 2 atom stereocenters. The summed E-state index contributed by atoms with van der Waals surface area (Å²) < 4.78 is 0. The lowest BCUT2D eigenvalue weighted by atomic mass is 9.99. The highest BCUT2D eigenvalue weighted by atomic mass is 79.9. The van der Waals surface area contributed by atoms with E-state index in [2.05, 4.69) is 34.7 Å². The molecule has 1 saturated heterocycles. The fourth-order valence-electron chi connectivity index (χ4n) is 1.67. The number of alkyl halides is 1. The van der Waals surface area contributed by atoms with Crippen LogP contribution in [0, 0.1) is 5.92 Å². The number of hydrogen-bond donors (Lipinski definition) is 0. The Morgan fingerprint density at radius 1 is 1.50 bits per heavy atom. The van der Waals surface area contributed by atoms with Crippen molar-refractivity contribution in [1.82, 2.24) is 4.90 Å². The maximum absolute atomic E-state index is 3.74. The molecule has 0 amide bonds. The monoisotopic (exact) mass is 233 g/mol. The molecule has 0 N–H and O–H groups in total. The predicted octanol–water partition coefficient (Wildman–Crippen LogP) is 2.89. The molecule has 72 valence electrons. The molecular weight excluding hydrogens is 214 g/mol. The van der Waals surface area contributed by atoms with E-state index in [0.29, 0.717) is 0 Å². The lowest BCUT2D eigenvalue weighted by Gasteiger charge is -2.34. The highest BCUT2D eigenvalue weighted by molar-refractivity contribution is 9.09. The second-order valence-electron chi connectivity index (χ2n) is 3.94. The van der Waals surface area contributed by atoms with E-state index < -0.39 is 0 Å². The summed E-state index contributed by atoms with van der Waals surface area (Å²) in [4.78, 5) is 3.31. The Bertz CT molecular complexity index is 125. The minimum Gasteiger partial charge on any atom is -0.302 e. The Morgan fingerprint density at radius 3 is 2.83 bits per heavy atom. The third-order valence-corrected chi connectivity index (χ3v) is 3.97. The van der Waals surface area contributed by atoms with Gasteiger partial charge in [0.2, 0.25) is 0 Å². The Labute approximate surface area is 84.6 Å². The average Bonchev–Trinajstić information content (AvgIpc) is 2.07. The maximum Gasteiger partial charge on any atom is 0.0299 e. The minimum atomic E-state index is 0.725. The van der Waals surface area contributed by atoms with Crippen molar-refractivity contribution in [2.75, 3.05) is 19.6 Å². The van der Waals surface area contributed by atoms with E-state index in [9.17, 15) is 0 Å². The van der Waals surface area contributed by atoms with Gasteiger partial charge < -0.3 is 4.90 Å². The van der Waals surface area contributed by atoms with Crippen LogP contribution in [0.15, 0.2) is 0 Å². The zero-order chi connectivity index (χ0) is 8.97. The number of rotatable bonds is 3. The molecule has 0 spiro atoms. The lowest BCUT2D eigenvalue weighted by molar-refractivity contribution is 0.199. The standard InChI is InChI=1S/C10H20BrN/c1-3-4-6-12-7-5-9(2)10(11)8-12/h9-10H,3-8H2,1-2H3. The Kier molecular flexibility index (Phi) is 4.59. The van der Waals surface area contributed by atoms with E-state index in [1.165, 1.54) is 38.9 Å². The van der Waals surface area contributed by atoms with Gasteiger partial charge in [0.25, 0.3) is 0 Å². The molecule has 0 radical (unpaired) electrons. The molecule has 0 aromatic rings. The van der Waals surface area contributed by atoms with Crippen LogP contribution in [0.25, 0.3) is 0 Å². The van der Waals surface area contributed by atoms with Crippen LogP contribution < -0.4 is 0 Å². The average molecular weight is 234 g/mol. The molecule has 1 rings (SSSR count). The molecule has 12 heavy (non-hydrogen) atoms. The van der Waals surface area contributed by atoms with E-state index in [4.69, 9.17) is 0 Å². The molecule has 0 aromatic heterocycles. The minimum absolute atomic E-state index is 0.725. The summed E-state index contributed by atoms with van der Waals surface area (Å²) in [5.41, 5.74) is 0. The Morgan fingerprint density at radius 2 is 2.25 bits per heavy atom. The number of nitrogens with zero attached hydrogens (tertiary/aromatic N) is 1. The van der Waals surface area contributed by atoms with Crippen molar-refractivity contribution in [3.8, 4) is 0 Å². The fraction of sp³-hybridized carbons (Fsp3) is 1.00. The molecular formula is C10H20BrN. The zero-order valence-electron chi connectivity index (χ0n) is 8.22. The van der Waals surface area contributed by atoms with E-state index >= 15 is 0 Å². The Hall–Kier alpha value is 0.440. The van der Waals surface area contributed by atoms with Crippen LogP contribution in [0.3, 0.4) is 0 Å². The number of likely N-dealkylation sites (tertiary alicyclic amines) is 1. The summed E-state index contributed by atoms with van der Waals surface area (Å²) in [7, 11) is 0. The van der Waals surface area contributed by atoms with Crippen molar-refractivity contribution >= 4 is 15.9 Å². The van der Waals surface area contributed by atoms with E-state index in [-0.39, 0.29) is 0 Å². The number of hydrogen-bond acceptors (Lipinski definition) is 1. The van der Waals surface area contributed by atoms with Crippen molar-refractivity contribution < 1.29 is 0 Å². The molecule has 2 unspecified atom stereocenters. The van der Waals surface area contributed by atoms with Gasteiger partial charge in [0, 0.05) is 11.4 Å². The van der Waals surface area contributed by atoms with Gasteiger partial charge in [0.05, 0.1) is 0 Å². The highest BCUT2D eigenvalue weighted by Crippen LogP contribution is 2.23. The van der Waals surface area contributed by atoms with E-state index in [1.54, 1.807) is 0 Å². The van der Waals surface area contributed by atoms with Gasteiger partial charge in [-0.3, -0.25) is 0 Å². The van der Waals surface area contributed by atoms with Crippen LogP contribution in [0.2, 0.25) is 0 Å². The third-order valence-electron chi connectivity index (χ3n) is 2.78. The van der Waals surface area contributed by atoms with Gasteiger partial charge in [-0.2, -0.15) is 0 Å². The number of unbranched alkanes of at least 4 members (excludes halogenated alkanes) is 1. The summed E-state index contributed by atoms with van der Waals surface area (Å²) in [5.74, 6) is 0.864. The van der Waals surface area contributed by atoms with Crippen molar-refractivity contribution in [1.29, 1.82) is 0 Å². The predicted molar refractivity (Wildman–Crippen MR) is 57.8 cm³/mol. The van der Waals surface area contributed by atoms with Crippen LogP contribution in [0.5, 0.6) is 0 Å². The molecule has 1 fully saturated rings. The fourth-order valence-corrected chi connectivity index (χ4v) is 2.34. The molecule has 2 heteroatoms.